The molecule has 0 atom stereocenters. The average Bonchev–Trinajstić information content (AvgIpc) is 2.25. The molecule has 0 aliphatic rings. The quantitative estimate of drug-likeness (QED) is 0.567. The van der Waals surface area contributed by atoms with Crippen LogP contribution in [0.3, 0.4) is 0 Å². The Morgan fingerprint density at radius 1 is 0.706 bits per heavy atom. The van der Waals surface area contributed by atoms with Gasteiger partial charge < -0.3 is 19.8 Å². The fraction of sp³-hybridized carbons (Fsp3) is 0.846. The molecule has 0 unspecified atom stereocenters. The van der Waals surface area contributed by atoms with E-state index in [9.17, 15) is 19.8 Å². The lowest BCUT2D eigenvalue weighted by Crippen LogP contribution is -2.21. The minimum atomic E-state index is -0.932. The van der Waals surface area contributed by atoms with E-state index in [-0.39, 0.29) is 12.8 Å². The van der Waals surface area contributed by atoms with E-state index in [1.807, 2.05) is 6.92 Å². The predicted octanol–water partition coefficient (Wildman–Crippen LogP) is 1.02. The Bertz CT molecular complexity index is 190. The molecule has 17 heavy (non-hydrogen) atoms. The standard InChI is InChI=1S/C7H14O2.C6H12O2/c1-2-3-4-5-6-7(8)9;1-2-3-4-5-6(7)8/h2-6H2,1H3,(H,8,9);2-5H2,1H3,(H,7,8)/p-2. The van der Waals surface area contributed by atoms with Crippen molar-refractivity contribution in [3.63, 3.8) is 0 Å². The Morgan fingerprint density at radius 3 is 1.41 bits per heavy atom. The molecule has 0 fully saturated rings. The van der Waals surface area contributed by atoms with Gasteiger partial charge in [-0.1, -0.05) is 46.0 Å². The van der Waals surface area contributed by atoms with Crippen molar-refractivity contribution in [2.45, 2.75) is 71.6 Å². The summed E-state index contributed by atoms with van der Waals surface area (Å²) in [7, 11) is 0. The molecule has 0 spiro atoms. The number of carbonyl (C=O) groups excluding carboxylic acids is 2. The zero-order chi connectivity index (χ0) is 13.5. The van der Waals surface area contributed by atoms with E-state index < -0.39 is 11.9 Å². The SMILES string of the molecule is CCCCCC(=O)[O-].CCCCCCC(=O)[O-]. The van der Waals surface area contributed by atoms with Crippen LogP contribution in [0.5, 0.6) is 0 Å². The number of rotatable bonds is 9. The molecular weight excluding hydrogens is 220 g/mol. The number of hydrogen-bond acceptors (Lipinski definition) is 4. The normalized spacial score (nSPS) is 9.29. The minimum Gasteiger partial charge on any atom is -0.550 e. The molecule has 0 amide bonds. The number of carboxylic acid groups (broad SMARTS) is 2. The first-order valence-corrected chi connectivity index (χ1v) is 6.44. The van der Waals surface area contributed by atoms with Crippen LogP contribution in [0.1, 0.15) is 71.6 Å². The number of aliphatic carboxylic acids is 2. The highest BCUT2D eigenvalue weighted by atomic mass is 16.4. The minimum absolute atomic E-state index is 0.216. The Balaban J connectivity index is 0. The maximum atomic E-state index is 9.85. The zero-order valence-electron chi connectivity index (χ0n) is 11.0. The molecule has 0 N–H and O–H groups in total. The topological polar surface area (TPSA) is 80.3 Å². The molecule has 0 radical (unpaired) electrons. The highest BCUT2D eigenvalue weighted by Gasteiger charge is 1.86. The second-order valence-electron chi connectivity index (χ2n) is 4.01. The van der Waals surface area contributed by atoms with E-state index >= 15 is 0 Å². The summed E-state index contributed by atoms with van der Waals surface area (Å²) in [5.74, 6) is -1.86. The van der Waals surface area contributed by atoms with Crippen molar-refractivity contribution in [1.82, 2.24) is 0 Å². The van der Waals surface area contributed by atoms with Gasteiger partial charge in [-0.05, 0) is 25.7 Å². The van der Waals surface area contributed by atoms with Gasteiger partial charge in [0.2, 0.25) is 0 Å². The summed E-state index contributed by atoms with van der Waals surface area (Å²) in [6.07, 6.45) is 7.33. The number of carboxylic acids is 2. The maximum Gasteiger partial charge on any atom is 0.0414 e. The van der Waals surface area contributed by atoms with Crippen molar-refractivity contribution in [3.8, 4) is 0 Å². The molecule has 0 saturated heterocycles. The molecule has 4 heteroatoms. The molecule has 4 nitrogen and oxygen atoms in total. The number of hydrogen-bond donors (Lipinski definition) is 0. The largest absolute Gasteiger partial charge is 0.550 e. The second kappa shape index (κ2) is 14.9. The first-order valence-electron chi connectivity index (χ1n) is 6.44. The monoisotopic (exact) mass is 244 g/mol. The van der Waals surface area contributed by atoms with Crippen LogP contribution >= 0.6 is 0 Å². The van der Waals surface area contributed by atoms with Gasteiger partial charge in [-0.25, -0.2) is 0 Å². The predicted molar refractivity (Wildman–Crippen MR) is 62.9 cm³/mol. The Morgan fingerprint density at radius 2 is 1.06 bits per heavy atom. The molecule has 0 aromatic rings. The van der Waals surface area contributed by atoms with Crippen molar-refractivity contribution in [1.29, 1.82) is 0 Å². The van der Waals surface area contributed by atoms with Crippen LogP contribution in [-0.2, 0) is 9.59 Å². The molecule has 0 rings (SSSR count). The van der Waals surface area contributed by atoms with E-state index in [2.05, 4.69) is 6.92 Å². The second-order valence-corrected chi connectivity index (χ2v) is 4.01. The van der Waals surface area contributed by atoms with Crippen LogP contribution in [0, 0.1) is 0 Å². The van der Waals surface area contributed by atoms with Gasteiger partial charge in [0.05, 0.1) is 0 Å². The molecule has 0 saturated carbocycles. The molecule has 102 valence electrons. The molecule has 0 aromatic carbocycles. The van der Waals surface area contributed by atoms with E-state index in [1.54, 1.807) is 0 Å². The summed E-state index contributed by atoms with van der Waals surface area (Å²) in [6.45, 7) is 4.13. The summed E-state index contributed by atoms with van der Waals surface area (Å²) in [4.78, 5) is 19.6. The average molecular weight is 244 g/mol. The molecule has 0 aliphatic carbocycles. The van der Waals surface area contributed by atoms with E-state index in [0.29, 0.717) is 0 Å². The molecule has 0 bridgehead atoms. The van der Waals surface area contributed by atoms with Crippen LogP contribution in [0.2, 0.25) is 0 Å². The lowest BCUT2D eigenvalue weighted by molar-refractivity contribution is -0.307. The Hall–Kier alpha value is -1.06. The van der Waals surface area contributed by atoms with Crippen molar-refractivity contribution in [2.24, 2.45) is 0 Å². The summed E-state index contributed by atoms with van der Waals surface area (Å²) < 4.78 is 0. The fourth-order valence-electron chi connectivity index (χ4n) is 1.22. The zero-order valence-corrected chi connectivity index (χ0v) is 11.0. The van der Waals surface area contributed by atoms with E-state index in [0.717, 1.165) is 44.9 Å². The van der Waals surface area contributed by atoms with Gasteiger partial charge in [-0.3, -0.25) is 0 Å². The first-order chi connectivity index (χ1) is 8.04. The third-order valence-corrected chi connectivity index (χ3v) is 2.22. The fourth-order valence-corrected chi connectivity index (χ4v) is 1.22. The molecular formula is C13H24O4-2. The van der Waals surface area contributed by atoms with Crippen molar-refractivity contribution in [3.05, 3.63) is 0 Å². The van der Waals surface area contributed by atoms with E-state index in [1.165, 1.54) is 0 Å². The number of unbranched alkanes of at least 4 members (excludes halogenated alkanes) is 5. The van der Waals surface area contributed by atoms with Crippen molar-refractivity contribution in [2.75, 3.05) is 0 Å². The van der Waals surface area contributed by atoms with E-state index in [4.69, 9.17) is 0 Å². The van der Waals surface area contributed by atoms with Gasteiger partial charge >= 0.3 is 0 Å². The highest BCUT2D eigenvalue weighted by molar-refractivity contribution is 5.64. The Labute approximate surface area is 104 Å². The smallest absolute Gasteiger partial charge is 0.0414 e. The van der Waals surface area contributed by atoms with Gasteiger partial charge in [-0.15, -0.1) is 0 Å². The lowest BCUT2D eigenvalue weighted by Gasteiger charge is -1.99. The van der Waals surface area contributed by atoms with Gasteiger partial charge in [-0.2, -0.15) is 0 Å². The van der Waals surface area contributed by atoms with Gasteiger partial charge in [0.1, 0.15) is 0 Å². The van der Waals surface area contributed by atoms with Gasteiger partial charge in [0.15, 0.2) is 0 Å². The van der Waals surface area contributed by atoms with Crippen molar-refractivity contribution < 1.29 is 19.8 Å². The van der Waals surface area contributed by atoms with Crippen LogP contribution < -0.4 is 10.2 Å². The molecule has 0 aliphatic heterocycles. The lowest BCUT2D eigenvalue weighted by atomic mass is 10.2. The maximum absolute atomic E-state index is 9.85. The summed E-state index contributed by atoms with van der Waals surface area (Å²) in [6, 6.07) is 0. The number of carbonyl (C=O) groups is 2. The molecule has 0 heterocycles. The first kappa shape index (κ1) is 18.3. The summed E-state index contributed by atoms with van der Waals surface area (Å²) in [5.41, 5.74) is 0. The van der Waals surface area contributed by atoms with Crippen LogP contribution in [-0.4, -0.2) is 11.9 Å². The highest BCUT2D eigenvalue weighted by Crippen LogP contribution is 2.00. The third-order valence-electron chi connectivity index (χ3n) is 2.22. The van der Waals surface area contributed by atoms with Gasteiger partial charge in [0, 0.05) is 11.9 Å². The van der Waals surface area contributed by atoms with Gasteiger partial charge in [0.25, 0.3) is 0 Å². The third kappa shape index (κ3) is 25.3. The Kier molecular flexibility index (Phi) is 16.1. The van der Waals surface area contributed by atoms with Crippen LogP contribution in [0.4, 0.5) is 0 Å². The van der Waals surface area contributed by atoms with Crippen LogP contribution in [0.15, 0.2) is 0 Å². The summed E-state index contributed by atoms with van der Waals surface area (Å²) in [5, 5.41) is 19.6. The van der Waals surface area contributed by atoms with Crippen molar-refractivity contribution >= 4 is 11.9 Å². The molecule has 0 aromatic heterocycles. The summed E-state index contributed by atoms with van der Waals surface area (Å²) >= 11 is 0. The van der Waals surface area contributed by atoms with Crippen LogP contribution in [0.25, 0.3) is 0 Å².